The molecule has 0 unspecified atom stereocenters. The van der Waals surface area contributed by atoms with Crippen molar-refractivity contribution in [2.24, 2.45) is 0 Å². The van der Waals surface area contributed by atoms with Gasteiger partial charge in [-0.3, -0.25) is 9.69 Å². The monoisotopic (exact) mass is 217 g/mol. The van der Waals surface area contributed by atoms with Crippen molar-refractivity contribution in [3.05, 3.63) is 17.7 Å². The Kier molecular flexibility index (Phi) is 1.66. The van der Waals surface area contributed by atoms with Crippen LogP contribution in [0.3, 0.4) is 0 Å². The summed E-state index contributed by atoms with van der Waals surface area (Å²) < 4.78 is 0. The fraction of sp³-hybridized carbons (Fsp3) is 0.500. The number of aromatic nitrogens is 1. The summed E-state index contributed by atoms with van der Waals surface area (Å²) >= 11 is 0. The van der Waals surface area contributed by atoms with Crippen molar-refractivity contribution in [3.63, 3.8) is 0 Å². The molecule has 4 nitrogen and oxygen atoms in total. The highest BCUT2D eigenvalue weighted by molar-refractivity contribution is 6.07. The van der Waals surface area contributed by atoms with E-state index < -0.39 is 5.41 Å². The number of carbonyl (C=O) groups is 1. The second-order valence-electron chi connectivity index (χ2n) is 5.14. The molecule has 0 radical (unpaired) electrons. The summed E-state index contributed by atoms with van der Waals surface area (Å²) in [7, 11) is 0. The highest BCUT2D eigenvalue weighted by Gasteiger charge is 2.49. The Bertz CT molecular complexity index is 477. The van der Waals surface area contributed by atoms with Crippen molar-refractivity contribution in [2.45, 2.75) is 38.1 Å². The molecule has 1 aromatic rings. The number of rotatable bonds is 1. The molecule has 4 heteroatoms. The molecule has 2 heterocycles. The maximum absolute atomic E-state index is 12.3. The quantitative estimate of drug-likeness (QED) is 0.774. The first-order valence-corrected chi connectivity index (χ1v) is 5.62. The van der Waals surface area contributed by atoms with Crippen molar-refractivity contribution >= 4 is 17.5 Å². The van der Waals surface area contributed by atoms with Gasteiger partial charge >= 0.3 is 0 Å². The minimum Gasteiger partial charge on any atom is -0.384 e. The number of carbonyl (C=O) groups excluding carboxylic acids is 1. The second-order valence-corrected chi connectivity index (χ2v) is 5.14. The van der Waals surface area contributed by atoms with E-state index in [1.165, 1.54) is 0 Å². The molecule has 0 aromatic carbocycles. The Labute approximate surface area is 94.5 Å². The van der Waals surface area contributed by atoms with Gasteiger partial charge in [-0.2, -0.15) is 0 Å². The molecule has 0 saturated heterocycles. The summed E-state index contributed by atoms with van der Waals surface area (Å²) in [5.74, 6) is 1.41. The molecule has 3 rings (SSSR count). The molecule has 1 aliphatic carbocycles. The number of nitrogens with two attached hydrogens (primary N) is 1. The third-order valence-corrected chi connectivity index (χ3v) is 3.46. The smallest absolute Gasteiger partial charge is 0.238 e. The summed E-state index contributed by atoms with van der Waals surface area (Å²) in [5, 5.41) is 0. The lowest BCUT2D eigenvalue weighted by atomic mass is 9.87. The average molecular weight is 217 g/mol. The maximum atomic E-state index is 12.3. The molecule has 2 N–H and O–H groups in total. The fourth-order valence-corrected chi connectivity index (χ4v) is 2.32. The van der Waals surface area contributed by atoms with Crippen LogP contribution < -0.4 is 10.6 Å². The lowest BCUT2D eigenvalue weighted by Crippen LogP contribution is -2.37. The van der Waals surface area contributed by atoms with Crippen molar-refractivity contribution in [1.29, 1.82) is 0 Å². The van der Waals surface area contributed by atoms with Gasteiger partial charge in [0.2, 0.25) is 5.91 Å². The van der Waals surface area contributed by atoms with Gasteiger partial charge in [-0.15, -0.1) is 0 Å². The van der Waals surface area contributed by atoms with Crippen LogP contribution in [-0.2, 0) is 10.2 Å². The van der Waals surface area contributed by atoms with Crippen LogP contribution >= 0.6 is 0 Å². The van der Waals surface area contributed by atoms with Gasteiger partial charge in [-0.1, -0.05) is 6.07 Å². The zero-order valence-electron chi connectivity index (χ0n) is 9.53. The molecule has 1 fully saturated rings. The first kappa shape index (κ1) is 9.63. The number of nitrogen functional groups attached to an aromatic ring is 1. The summed E-state index contributed by atoms with van der Waals surface area (Å²) in [6.07, 6.45) is 2.16. The van der Waals surface area contributed by atoms with E-state index in [0.29, 0.717) is 11.9 Å². The Morgan fingerprint density at radius 2 is 2.12 bits per heavy atom. The number of hydrogen-bond acceptors (Lipinski definition) is 3. The van der Waals surface area contributed by atoms with Crippen LogP contribution in [-0.4, -0.2) is 16.9 Å². The molecule has 0 atom stereocenters. The van der Waals surface area contributed by atoms with Crippen molar-refractivity contribution in [2.75, 3.05) is 10.6 Å². The zero-order chi connectivity index (χ0) is 11.5. The van der Waals surface area contributed by atoms with Crippen LogP contribution in [0.4, 0.5) is 11.6 Å². The van der Waals surface area contributed by atoms with Gasteiger partial charge in [-0.25, -0.2) is 4.98 Å². The Hall–Kier alpha value is -1.58. The summed E-state index contributed by atoms with van der Waals surface area (Å²) in [4.78, 5) is 18.5. The van der Waals surface area contributed by atoms with Gasteiger partial charge in [0.05, 0.1) is 5.41 Å². The molecule has 1 aliphatic heterocycles. The van der Waals surface area contributed by atoms with Crippen molar-refractivity contribution in [3.8, 4) is 0 Å². The Morgan fingerprint density at radius 1 is 1.44 bits per heavy atom. The van der Waals surface area contributed by atoms with E-state index in [0.717, 1.165) is 24.2 Å². The van der Waals surface area contributed by atoms with Gasteiger partial charge < -0.3 is 5.73 Å². The zero-order valence-corrected chi connectivity index (χ0v) is 9.53. The Morgan fingerprint density at radius 3 is 2.75 bits per heavy atom. The maximum Gasteiger partial charge on any atom is 0.238 e. The van der Waals surface area contributed by atoms with Gasteiger partial charge in [0, 0.05) is 11.6 Å². The molecular formula is C12H15N3O. The van der Waals surface area contributed by atoms with Gasteiger partial charge in [0.25, 0.3) is 0 Å². The number of fused-ring (bicyclic) bond motifs is 1. The van der Waals surface area contributed by atoms with E-state index in [4.69, 9.17) is 5.73 Å². The molecule has 1 aromatic heterocycles. The summed E-state index contributed by atoms with van der Waals surface area (Å²) in [5.41, 5.74) is 6.24. The van der Waals surface area contributed by atoms with E-state index in [-0.39, 0.29) is 5.91 Å². The third-order valence-electron chi connectivity index (χ3n) is 3.46. The molecular weight excluding hydrogens is 202 g/mol. The van der Waals surface area contributed by atoms with Gasteiger partial charge in [-0.05, 0) is 32.8 Å². The lowest BCUT2D eigenvalue weighted by Gasteiger charge is -2.19. The van der Waals surface area contributed by atoms with Gasteiger partial charge in [0.15, 0.2) is 0 Å². The normalized spacial score (nSPS) is 22.4. The largest absolute Gasteiger partial charge is 0.384 e. The van der Waals surface area contributed by atoms with E-state index in [9.17, 15) is 4.79 Å². The number of amides is 1. The molecule has 1 amide bonds. The van der Waals surface area contributed by atoms with Crippen LogP contribution in [0.25, 0.3) is 0 Å². The van der Waals surface area contributed by atoms with E-state index in [1.54, 1.807) is 6.07 Å². The van der Waals surface area contributed by atoms with Crippen LogP contribution in [0.15, 0.2) is 12.1 Å². The average Bonchev–Trinajstić information content (AvgIpc) is 2.99. The van der Waals surface area contributed by atoms with E-state index >= 15 is 0 Å². The standard InChI is InChI=1S/C12H15N3O/c1-12(2)8-5-6-9(13)14-10(8)15(11(12)16)7-3-4-7/h5-7H,3-4H2,1-2H3,(H2,13,14). The molecule has 84 valence electrons. The third kappa shape index (κ3) is 1.10. The first-order chi connectivity index (χ1) is 7.51. The Balaban J connectivity index is 2.19. The first-order valence-electron chi connectivity index (χ1n) is 5.62. The molecule has 1 saturated carbocycles. The number of nitrogens with zero attached hydrogens (tertiary/aromatic N) is 2. The number of pyridine rings is 1. The van der Waals surface area contributed by atoms with Crippen LogP contribution in [0, 0.1) is 0 Å². The number of anilines is 2. The highest BCUT2D eigenvalue weighted by Crippen LogP contribution is 2.45. The SMILES string of the molecule is CC1(C)C(=O)N(C2CC2)c2nc(N)ccc21. The second kappa shape index (κ2) is 2.75. The van der Waals surface area contributed by atoms with Crippen LogP contribution in [0.5, 0.6) is 0 Å². The lowest BCUT2D eigenvalue weighted by molar-refractivity contribution is -0.122. The molecule has 2 aliphatic rings. The molecule has 0 bridgehead atoms. The minimum atomic E-state index is -0.460. The van der Waals surface area contributed by atoms with E-state index in [1.807, 2.05) is 24.8 Å². The van der Waals surface area contributed by atoms with Crippen molar-refractivity contribution < 1.29 is 4.79 Å². The van der Waals surface area contributed by atoms with Crippen molar-refractivity contribution in [1.82, 2.24) is 4.98 Å². The predicted molar refractivity (Wildman–Crippen MR) is 62.2 cm³/mol. The van der Waals surface area contributed by atoms with E-state index in [2.05, 4.69) is 4.98 Å². The highest BCUT2D eigenvalue weighted by atomic mass is 16.2. The summed E-state index contributed by atoms with van der Waals surface area (Å²) in [6, 6.07) is 4.05. The molecule has 0 spiro atoms. The predicted octanol–water partition coefficient (Wildman–Crippen LogP) is 1.45. The topological polar surface area (TPSA) is 59.2 Å². The fourth-order valence-electron chi connectivity index (χ4n) is 2.32. The number of hydrogen-bond donors (Lipinski definition) is 1. The summed E-state index contributed by atoms with van der Waals surface area (Å²) in [6.45, 7) is 3.91. The van der Waals surface area contributed by atoms with Crippen LogP contribution in [0.2, 0.25) is 0 Å². The van der Waals surface area contributed by atoms with Crippen LogP contribution in [0.1, 0.15) is 32.3 Å². The van der Waals surface area contributed by atoms with Gasteiger partial charge in [0.1, 0.15) is 11.6 Å². The minimum absolute atomic E-state index is 0.156. The molecule has 16 heavy (non-hydrogen) atoms.